The summed E-state index contributed by atoms with van der Waals surface area (Å²) in [6.07, 6.45) is 2.16. The summed E-state index contributed by atoms with van der Waals surface area (Å²) in [4.78, 5) is 11.8. The number of anilines is 1. The molecular formula is C14H21BrN2O. The van der Waals surface area contributed by atoms with Crippen LogP contribution in [0.3, 0.4) is 0 Å². The summed E-state index contributed by atoms with van der Waals surface area (Å²) in [5, 5.41) is 6.13. The van der Waals surface area contributed by atoms with Gasteiger partial charge in [0.15, 0.2) is 0 Å². The second-order valence-electron chi connectivity index (χ2n) is 5.04. The Balaban J connectivity index is 2.40. The largest absolute Gasteiger partial charge is 0.325 e. The molecule has 0 aromatic heterocycles. The summed E-state index contributed by atoms with van der Waals surface area (Å²) in [6, 6.07) is 7.56. The minimum absolute atomic E-state index is 0.00576. The Morgan fingerprint density at radius 2 is 1.89 bits per heavy atom. The van der Waals surface area contributed by atoms with Crippen molar-refractivity contribution >= 4 is 27.5 Å². The van der Waals surface area contributed by atoms with Gasteiger partial charge in [0.2, 0.25) is 5.91 Å². The zero-order valence-corrected chi connectivity index (χ0v) is 12.8. The Kier molecular flexibility index (Phi) is 5.82. The quantitative estimate of drug-likeness (QED) is 0.843. The first-order valence-electron chi connectivity index (χ1n) is 6.23. The number of rotatable bonds is 6. The van der Waals surface area contributed by atoms with Crippen LogP contribution in [0.2, 0.25) is 0 Å². The van der Waals surface area contributed by atoms with E-state index in [-0.39, 0.29) is 11.4 Å². The van der Waals surface area contributed by atoms with Gasteiger partial charge in [0.25, 0.3) is 0 Å². The van der Waals surface area contributed by atoms with Gasteiger partial charge in [0, 0.05) is 15.7 Å². The molecule has 1 rings (SSSR count). The molecule has 0 heterocycles. The van der Waals surface area contributed by atoms with Crippen molar-refractivity contribution in [2.24, 2.45) is 0 Å². The zero-order chi connectivity index (χ0) is 13.6. The highest BCUT2D eigenvalue weighted by Crippen LogP contribution is 2.14. The molecule has 1 aromatic carbocycles. The fraction of sp³-hybridized carbons (Fsp3) is 0.500. The lowest BCUT2D eigenvalue weighted by Crippen LogP contribution is -2.43. The van der Waals surface area contributed by atoms with E-state index in [9.17, 15) is 4.79 Å². The molecule has 0 fully saturated rings. The first kappa shape index (κ1) is 15.2. The topological polar surface area (TPSA) is 41.1 Å². The molecule has 100 valence electrons. The highest BCUT2D eigenvalue weighted by atomic mass is 79.9. The van der Waals surface area contributed by atoms with Gasteiger partial charge in [-0.25, -0.2) is 0 Å². The normalized spacial score (nSPS) is 11.3. The van der Waals surface area contributed by atoms with E-state index in [0.717, 1.165) is 23.0 Å². The third-order valence-corrected chi connectivity index (χ3v) is 3.26. The van der Waals surface area contributed by atoms with Crippen molar-refractivity contribution in [3.8, 4) is 0 Å². The first-order chi connectivity index (χ1) is 8.43. The molecule has 0 bridgehead atoms. The Morgan fingerprint density at radius 1 is 1.28 bits per heavy atom. The molecule has 1 aromatic rings. The average Bonchev–Trinajstić information content (AvgIpc) is 2.30. The summed E-state index contributed by atoms with van der Waals surface area (Å²) in [6.45, 7) is 6.71. The summed E-state index contributed by atoms with van der Waals surface area (Å²) in [5.41, 5.74) is 0.824. The fourth-order valence-electron chi connectivity index (χ4n) is 1.77. The third-order valence-electron chi connectivity index (χ3n) is 2.73. The Bertz CT molecular complexity index is 387. The van der Waals surface area contributed by atoms with Crippen LogP contribution in [0.15, 0.2) is 28.7 Å². The van der Waals surface area contributed by atoms with Gasteiger partial charge in [-0.1, -0.05) is 29.3 Å². The van der Waals surface area contributed by atoms with Gasteiger partial charge in [-0.15, -0.1) is 0 Å². The molecule has 0 saturated carbocycles. The van der Waals surface area contributed by atoms with Crippen molar-refractivity contribution in [2.75, 3.05) is 11.9 Å². The average molecular weight is 313 g/mol. The van der Waals surface area contributed by atoms with Crippen molar-refractivity contribution in [1.29, 1.82) is 0 Å². The second-order valence-corrected chi connectivity index (χ2v) is 5.96. The van der Waals surface area contributed by atoms with E-state index in [2.05, 4.69) is 47.3 Å². The summed E-state index contributed by atoms with van der Waals surface area (Å²) >= 11 is 3.36. The minimum Gasteiger partial charge on any atom is -0.325 e. The van der Waals surface area contributed by atoms with E-state index in [0.29, 0.717) is 6.54 Å². The van der Waals surface area contributed by atoms with Crippen LogP contribution < -0.4 is 10.6 Å². The van der Waals surface area contributed by atoms with Gasteiger partial charge < -0.3 is 10.6 Å². The van der Waals surface area contributed by atoms with E-state index in [1.807, 2.05) is 24.3 Å². The molecule has 0 aliphatic rings. The summed E-state index contributed by atoms with van der Waals surface area (Å²) in [7, 11) is 0. The number of hydrogen-bond acceptors (Lipinski definition) is 2. The van der Waals surface area contributed by atoms with Crippen LogP contribution in [0.4, 0.5) is 5.69 Å². The number of amides is 1. The van der Waals surface area contributed by atoms with Crippen LogP contribution in [0, 0.1) is 0 Å². The number of nitrogens with one attached hydrogen (secondary N) is 2. The number of benzene rings is 1. The van der Waals surface area contributed by atoms with Gasteiger partial charge >= 0.3 is 0 Å². The van der Waals surface area contributed by atoms with Crippen molar-refractivity contribution < 1.29 is 4.79 Å². The third kappa shape index (κ3) is 5.65. The molecule has 0 unspecified atom stereocenters. The maximum atomic E-state index is 11.8. The molecule has 0 aliphatic heterocycles. The molecule has 0 saturated heterocycles. The van der Waals surface area contributed by atoms with Crippen molar-refractivity contribution in [1.82, 2.24) is 5.32 Å². The van der Waals surface area contributed by atoms with Crippen LogP contribution in [-0.2, 0) is 4.79 Å². The highest BCUT2D eigenvalue weighted by molar-refractivity contribution is 9.10. The summed E-state index contributed by atoms with van der Waals surface area (Å²) in [5.74, 6) is -0.0125. The smallest absolute Gasteiger partial charge is 0.238 e. The fourth-order valence-corrected chi connectivity index (χ4v) is 2.04. The van der Waals surface area contributed by atoms with E-state index >= 15 is 0 Å². The lowest BCUT2D eigenvalue weighted by molar-refractivity contribution is -0.115. The molecule has 0 spiro atoms. The highest BCUT2D eigenvalue weighted by Gasteiger charge is 2.16. The van der Waals surface area contributed by atoms with Crippen molar-refractivity contribution in [2.45, 2.75) is 39.2 Å². The van der Waals surface area contributed by atoms with Crippen LogP contribution in [-0.4, -0.2) is 18.0 Å². The van der Waals surface area contributed by atoms with Crippen molar-refractivity contribution in [3.63, 3.8) is 0 Å². The Hall–Kier alpha value is -0.870. The lowest BCUT2D eigenvalue weighted by Gasteiger charge is -2.25. The maximum Gasteiger partial charge on any atom is 0.238 e. The van der Waals surface area contributed by atoms with Gasteiger partial charge in [0.05, 0.1) is 6.54 Å². The molecule has 0 aliphatic carbocycles. The molecule has 4 heteroatoms. The molecule has 0 radical (unpaired) electrons. The van der Waals surface area contributed by atoms with E-state index < -0.39 is 0 Å². The van der Waals surface area contributed by atoms with Gasteiger partial charge in [-0.3, -0.25) is 4.79 Å². The second kappa shape index (κ2) is 6.90. The zero-order valence-electron chi connectivity index (χ0n) is 11.2. The number of hydrogen-bond donors (Lipinski definition) is 2. The molecular weight excluding hydrogens is 292 g/mol. The van der Waals surface area contributed by atoms with Crippen molar-refractivity contribution in [3.05, 3.63) is 28.7 Å². The Morgan fingerprint density at radius 3 is 2.44 bits per heavy atom. The van der Waals surface area contributed by atoms with Crippen LogP contribution in [0.25, 0.3) is 0 Å². The molecule has 1 amide bonds. The van der Waals surface area contributed by atoms with E-state index in [1.54, 1.807) is 0 Å². The number of carbonyl (C=O) groups excluding carboxylic acids is 1. The van der Waals surface area contributed by atoms with Crippen LogP contribution in [0.1, 0.15) is 33.6 Å². The van der Waals surface area contributed by atoms with E-state index in [1.165, 1.54) is 0 Å². The van der Waals surface area contributed by atoms with E-state index in [4.69, 9.17) is 0 Å². The SMILES string of the molecule is CCCC(C)(C)NCC(=O)Nc1ccc(Br)cc1. The molecule has 2 N–H and O–H groups in total. The van der Waals surface area contributed by atoms with Gasteiger partial charge in [-0.2, -0.15) is 0 Å². The van der Waals surface area contributed by atoms with Crippen LogP contribution in [0.5, 0.6) is 0 Å². The Labute approximate surface area is 117 Å². The lowest BCUT2D eigenvalue weighted by atomic mass is 9.99. The van der Waals surface area contributed by atoms with Gasteiger partial charge in [-0.05, 0) is 44.5 Å². The maximum absolute atomic E-state index is 11.8. The van der Waals surface area contributed by atoms with Gasteiger partial charge in [0.1, 0.15) is 0 Å². The number of halogens is 1. The minimum atomic E-state index is -0.0125. The predicted molar refractivity (Wildman–Crippen MR) is 79.8 cm³/mol. The standard InChI is InChI=1S/C14H21BrN2O/c1-4-9-14(2,3)16-10-13(18)17-12-7-5-11(15)6-8-12/h5-8,16H,4,9-10H2,1-3H3,(H,17,18). The first-order valence-corrected chi connectivity index (χ1v) is 7.03. The number of carbonyl (C=O) groups is 1. The summed E-state index contributed by atoms with van der Waals surface area (Å²) < 4.78 is 1.00. The molecule has 3 nitrogen and oxygen atoms in total. The predicted octanol–water partition coefficient (Wildman–Crippen LogP) is 3.56. The van der Waals surface area contributed by atoms with Crippen LogP contribution >= 0.6 is 15.9 Å². The monoisotopic (exact) mass is 312 g/mol. The molecule has 18 heavy (non-hydrogen) atoms. The molecule has 0 atom stereocenters.